The smallest absolute Gasteiger partial charge is 0.144 e. The number of aliphatic hydroxyl groups is 1. The highest BCUT2D eigenvalue weighted by Gasteiger charge is 2.42. The van der Waals surface area contributed by atoms with Gasteiger partial charge in [0.25, 0.3) is 0 Å². The first-order valence-corrected chi connectivity index (χ1v) is 7.61. The summed E-state index contributed by atoms with van der Waals surface area (Å²) < 4.78 is 5.46. The summed E-state index contributed by atoms with van der Waals surface area (Å²) in [5.41, 5.74) is 0. The Hall–Kier alpha value is -0.960. The van der Waals surface area contributed by atoms with E-state index in [1.807, 2.05) is 0 Å². The molecule has 0 aromatic carbocycles. The molecular formula is C17H26O2. The number of ether oxygens (including phenoxy) is 1. The van der Waals surface area contributed by atoms with Crippen molar-refractivity contribution in [3.63, 3.8) is 0 Å². The van der Waals surface area contributed by atoms with Crippen LogP contribution in [0.5, 0.6) is 0 Å². The molecule has 0 aromatic rings. The van der Waals surface area contributed by atoms with Gasteiger partial charge in [-0.05, 0) is 24.7 Å². The Morgan fingerprint density at radius 3 is 2.58 bits per heavy atom. The lowest BCUT2D eigenvalue weighted by molar-refractivity contribution is 0.185. The van der Waals surface area contributed by atoms with Gasteiger partial charge in [-0.3, -0.25) is 0 Å². The Labute approximate surface area is 117 Å². The van der Waals surface area contributed by atoms with Crippen LogP contribution in [-0.2, 0) is 4.74 Å². The van der Waals surface area contributed by atoms with Gasteiger partial charge in [0.05, 0.1) is 6.10 Å². The van der Waals surface area contributed by atoms with Crippen LogP contribution in [-0.4, -0.2) is 23.4 Å². The molecule has 2 heteroatoms. The van der Waals surface area contributed by atoms with Gasteiger partial charge in [-0.1, -0.05) is 57.8 Å². The van der Waals surface area contributed by atoms with Crippen LogP contribution >= 0.6 is 0 Å². The maximum atomic E-state index is 9.79. The first kappa shape index (κ1) is 16.1. The largest absolute Gasteiger partial charge is 0.377 e. The van der Waals surface area contributed by atoms with E-state index in [9.17, 15) is 5.11 Å². The van der Waals surface area contributed by atoms with Crippen molar-refractivity contribution < 1.29 is 9.84 Å². The highest BCUT2D eigenvalue weighted by atomic mass is 16.6. The average Bonchev–Trinajstić information content (AvgIpc) is 3.18. The molecule has 1 aliphatic heterocycles. The molecule has 1 heterocycles. The first-order valence-electron chi connectivity index (χ1n) is 7.61. The van der Waals surface area contributed by atoms with Crippen LogP contribution in [0.4, 0.5) is 0 Å². The third kappa shape index (κ3) is 7.26. The predicted molar refractivity (Wildman–Crippen MR) is 78.5 cm³/mol. The maximum Gasteiger partial charge on any atom is 0.144 e. The second-order valence-corrected chi connectivity index (χ2v) is 5.11. The standard InChI is InChI=1S/C17H26O2/c1-3-5-7-9-11-13-15(18)17-16(19-17)14-12-10-8-6-4-2/h15-18H,3-6,8,10,12,14H2,1-2H3. The molecule has 3 unspecified atom stereocenters. The minimum absolute atomic E-state index is 0.0772. The minimum Gasteiger partial charge on any atom is -0.377 e. The summed E-state index contributed by atoms with van der Waals surface area (Å²) >= 11 is 0. The Morgan fingerprint density at radius 2 is 1.84 bits per heavy atom. The van der Waals surface area contributed by atoms with Crippen molar-refractivity contribution in [1.82, 2.24) is 0 Å². The van der Waals surface area contributed by atoms with Crippen molar-refractivity contribution in [1.29, 1.82) is 0 Å². The second-order valence-electron chi connectivity index (χ2n) is 5.11. The lowest BCUT2D eigenvalue weighted by atomic mass is 10.1. The Balaban J connectivity index is 2.10. The number of rotatable bonds is 8. The van der Waals surface area contributed by atoms with Gasteiger partial charge >= 0.3 is 0 Å². The fourth-order valence-corrected chi connectivity index (χ4v) is 2.04. The summed E-state index contributed by atoms with van der Waals surface area (Å²) in [5, 5.41) is 9.79. The molecule has 0 saturated carbocycles. The van der Waals surface area contributed by atoms with E-state index in [4.69, 9.17) is 4.74 Å². The molecule has 0 bridgehead atoms. The minimum atomic E-state index is -0.670. The van der Waals surface area contributed by atoms with E-state index in [0.717, 1.165) is 19.3 Å². The molecule has 0 aliphatic carbocycles. The molecule has 0 aromatic heterocycles. The van der Waals surface area contributed by atoms with Crippen molar-refractivity contribution in [2.45, 2.75) is 83.5 Å². The van der Waals surface area contributed by atoms with E-state index in [2.05, 4.69) is 37.5 Å². The van der Waals surface area contributed by atoms with Gasteiger partial charge in [0.15, 0.2) is 0 Å². The van der Waals surface area contributed by atoms with Crippen molar-refractivity contribution in [3.05, 3.63) is 0 Å². The van der Waals surface area contributed by atoms with E-state index < -0.39 is 6.10 Å². The fraction of sp³-hybridized carbons (Fsp3) is 0.765. The maximum absolute atomic E-state index is 9.79. The van der Waals surface area contributed by atoms with Gasteiger partial charge in [0.1, 0.15) is 12.2 Å². The van der Waals surface area contributed by atoms with Crippen molar-refractivity contribution >= 4 is 0 Å². The van der Waals surface area contributed by atoms with Crippen LogP contribution in [0.25, 0.3) is 0 Å². The summed E-state index contributed by atoms with van der Waals surface area (Å²) in [7, 11) is 0. The Bertz CT molecular complexity index is 353. The Kier molecular flexibility index (Phi) is 8.39. The van der Waals surface area contributed by atoms with Gasteiger partial charge in [-0.15, -0.1) is 0 Å². The van der Waals surface area contributed by atoms with Crippen molar-refractivity contribution in [2.24, 2.45) is 0 Å². The number of unbranched alkanes of at least 4 members (excludes halogenated alkanes) is 5. The molecule has 1 fully saturated rings. The highest BCUT2D eigenvalue weighted by Crippen LogP contribution is 2.30. The lowest BCUT2D eigenvalue weighted by Crippen LogP contribution is -2.14. The molecule has 0 spiro atoms. The zero-order chi connectivity index (χ0) is 13.9. The van der Waals surface area contributed by atoms with Crippen LogP contribution in [0.2, 0.25) is 0 Å². The van der Waals surface area contributed by atoms with Crippen molar-refractivity contribution in [2.75, 3.05) is 0 Å². The molecule has 19 heavy (non-hydrogen) atoms. The molecule has 2 nitrogen and oxygen atoms in total. The van der Waals surface area contributed by atoms with Crippen LogP contribution in [0.1, 0.15) is 65.2 Å². The quantitative estimate of drug-likeness (QED) is 0.413. The van der Waals surface area contributed by atoms with Gasteiger partial charge in [-0.25, -0.2) is 0 Å². The van der Waals surface area contributed by atoms with Crippen LogP contribution in [0, 0.1) is 23.7 Å². The van der Waals surface area contributed by atoms with E-state index >= 15 is 0 Å². The van der Waals surface area contributed by atoms with Crippen LogP contribution < -0.4 is 0 Å². The topological polar surface area (TPSA) is 32.8 Å². The van der Waals surface area contributed by atoms with Crippen molar-refractivity contribution in [3.8, 4) is 23.7 Å². The van der Waals surface area contributed by atoms with E-state index in [0.29, 0.717) is 0 Å². The summed E-state index contributed by atoms with van der Waals surface area (Å²) in [4.78, 5) is 0. The molecule has 0 amide bonds. The monoisotopic (exact) mass is 262 g/mol. The lowest BCUT2D eigenvalue weighted by Gasteiger charge is -1.98. The molecular weight excluding hydrogens is 236 g/mol. The number of aliphatic hydroxyl groups excluding tert-OH is 1. The zero-order valence-corrected chi connectivity index (χ0v) is 12.2. The summed E-state index contributed by atoms with van der Waals surface area (Å²) in [6.45, 7) is 4.30. The molecule has 0 radical (unpaired) electrons. The third-order valence-electron chi connectivity index (χ3n) is 3.27. The Morgan fingerprint density at radius 1 is 1.05 bits per heavy atom. The average molecular weight is 262 g/mol. The molecule has 106 valence electrons. The summed E-state index contributed by atoms with van der Waals surface area (Å²) in [6, 6.07) is 0. The molecule has 1 N–H and O–H groups in total. The number of epoxide rings is 1. The van der Waals surface area contributed by atoms with E-state index in [1.54, 1.807) is 0 Å². The van der Waals surface area contributed by atoms with Crippen LogP contribution in [0.3, 0.4) is 0 Å². The molecule has 3 atom stereocenters. The van der Waals surface area contributed by atoms with E-state index in [-0.39, 0.29) is 12.2 Å². The molecule has 1 aliphatic rings. The summed E-state index contributed by atoms with van der Waals surface area (Å²) in [6.07, 6.45) is 8.79. The van der Waals surface area contributed by atoms with Gasteiger partial charge in [0, 0.05) is 6.42 Å². The van der Waals surface area contributed by atoms with Gasteiger partial charge < -0.3 is 9.84 Å². The first-order chi connectivity index (χ1) is 9.29. The summed E-state index contributed by atoms with van der Waals surface area (Å²) in [5.74, 6) is 11.1. The van der Waals surface area contributed by atoms with Gasteiger partial charge in [-0.2, -0.15) is 0 Å². The molecule has 1 saturated heterocycles. The van der Waals surface area contributed by atoms with Gasteiger partial charge in [0.2, 0.25) is 0 Å². The predicted octanol–water partition coefficient (Wildman–Crippen LogP) is 3.28. The number of hydrogen-bond acceptors (Lipinski definition) is 2. The normalized spacial score (nSPS) is 21.8. The van der Waals surface area contributed by atoms with E-state index in [1.165, 1.54) is 32.1 Å². The molecule has 1 rings (SSSR count). The SMILES string of the molecule is CCCC#CC#CC(O)C1OC1CCCCCCC. The fourth-order valence-electron chi connectivity index (χ4n) is 2.04. The second kappa shape index (κ2) is 9.90. The highest BCUT2D eigenvalue weighted by molar-refractivity contribution is 5.28. The number of hydrogen-bond donors (Lipinski definition) is 1. The zero-order valence-electron chi connectivity index (χ0n) is 12.2. The van der Waals surface area contributed by atoms with Crippen LogP contribution in [0.15, 0.2) is 0 Å². The third-order valence-corrected chi connectivity index (χ3v) is 3.27.